The van der Waals surface area contributed by atoms with Gasteiger partial charge in [-0.25, -0.2) is 0 Å². The van der Waals surface area contributed by atoms with E-state index in [1.807, 2.05) is 6.07 Å². The molecule has 0 spiro atoms. The molecule has 0 heterocycles. The number of hydrogen-bond donors (Lipinski definition) is 1. The van der Waals surface area contributed by atoms with Crippen molar-refractivity contribution in [3.05, 3.63) is 34.3 Å². The number of rotatable bonds is 2. The molecule has 2 aliphatic rings. The molecule has 0 bridgehead atoms. The zero-order valence-corrected chi connectivity index (χ0v) is 14.2. The summed E-state index contributed by atoms with van der Waals surface area (Å²) in [7, 11) is 0. The maximum absolute atomic E-state index is 6.24. The Morgan fingerprint density at radius 3 is 2.43 bits per heavy atom. The topological polar surface area (TPSA) is 12.0 Å². The quantitative estimate of drug-likeness (QED) is 0.742. The zero-order chi connectivity index (χ0) is 14.9. The highest BCUT2D eigenvalue weighted by Crippen LogP contribution is 2.46. The van der Waals surface area contributed by atoms with Crippen molar-refractivity contribution in [2.24, 2.45) is 5.41 Å². The summed E-state index contributed by atoms with van der Waals surface area (Å²) in [5.74, 6) is 0. The maximum atomic E-state index is 6.24. The van der Waals surface area contributed by atoms with E-state index in [0.29, 0.717) is 12.1 Å². The third-order valence-electron chi connectivity index (χ3n) is 5.35. The van der Waals surface area contributed by atoms with E-state index in [1.54, 1.807) is 0 Å². The third-order valence-corrected chi connectivity index (χ3v) is 5.59. The minimum Gasteiger partial charge on any atom is -0.307 e. The van der Waals surface area contributed by atoms with Gasteiger partial charge >= 0.3 is 0 Å². The first-order valence-corrected chi connectivity index (χ1v) is 8.98. The van der Waals surface area contributed by atoms with Crippen LogP contribution in [0.5, 0.6) is 0 Å². The first kappa shape index (κ1) is 15.4. The fourth-order valence-electron chi connectivity index (χ4n) is 4.18. The molecule has 1 N–H and O–H groups in total. The Balaban J connectivity index is 1.78. The van der Waals surface area contributed by atoms with Gasteiger partial charge in [-0.15, -0.1) is 0 Å². The van der Waals surface area contributed by atoms with Crippen molar-refractivity contribution in [1.29, 1.82) is 0 Å². The molecule has 3 rings (SSSR count). The minimum atomic E-state index is 0.287. The largest absolute Gasteiger partial charge is 0.307 e. The smallest absolute Gasteiger partial charge is 0.0409 e. The highest BCUT2D eigenvalue weighted by atomic mass is 35.5. The highest BCUT2D eigenvalue weighted by Gasteiger charge is 2.39. The number of fused-ring (bicyclic) bond motifs is 1. The average Bonchev–Trinajstić information content (AvgIpc) is 2.63. The van der Waals surface area contributed by atoms with Crippen LogP contribution in [0.25, 0.3) is 0 Å². The number of nitrogens with one attached hydrogen (secondary N) is 1. The van der Waals surface area contributed by atoms with Crippen molar-refractivity contribution in [3.8, 4) is 0 Å². The van der Waals surface area contributed by atoms with Crippen LogP contribution >= 0.6 is 11.6 Å². The van der Waals surface area contributed by atoms with Gasteiger partial charge in [0.15, 0.2) is 0 Å². The summed E-state index contributed by atoms with van der Waals surface area (Å²) in [5, 5.41) is 4.87. The fourth-order valence-corrected chi connectivity index (χ4v) is 4.36. The van der Waals surface area contributed by atoms with E-state index in [1.165, 1.54) is 56.1 Å². The molecule has 0 aliphatic heterocycles. The molecular weight excluding hydrogens is 278 g/mol. The summed E-state index contributed by atoms with van der Waals surface area (Å²) >= 11 is 6.24. The number of halogens is 1. The number of hydrogen-bond acceptors (Lipinski definition) is 1. The molecule has 0 aromatic heterocycles. The Labute approximate surface area is 134 Å². The molecule has 2 aliphatic carbocycles. The summed E-state index contributed by atoms with van der Waals surface area (Å²) in [5.41, 5.74) is 3.21. The van der Waals surface area contributed by atoms with E-state index in [4.69, 9.17) is 11.6 Å². The normalized spacial score (nSPS) is 26.1. The first-order valence-electron chi connectivity index (χ1n) is 8.61. The van der Waals surface area contributed by atoms with Crippen LogP contribution in [0.1, 0.15) is 76.0 Å². The van der Waals surface area contributed by atoms with Gasteiger partial charge in [0.05, 0.1) is 0 Å². The lowest BCUT2D eigenvalue weighted by molar-refractivity contribution is 0.231. The molecule has 2 heteroatoms. The lowest BCUT2D eigenvalue weighted by Crippen LogP contribution is -2.38. The molecule has 21 heavy (non-hydrogen) atoms. The first-order chi connectivity index (χ1) is 10.1. The molecule has 1 aromatic rings. The van der Waals surface area contributed by atoms with Gasteiger partial charge in [0, 0.05) is 17.1 Å². The van der Waals surface area contributed by atoms with Crippen LogP contribution in [0.15, 0.2) is 18.2 Å². The monoisotopic (exact) mass is 305 g/mol. The molecule has 1 saturated carbocycles. The average molecular weight is 306 g/mol. The van der Waals surface area contributed by atoms with Crippen molar-refractivity contribution in [3.63, 3.8) is 0 Å². The molecule has 1 atom stereocenters. The van der Waals surface area contributed by atoms with E-state index in [2.05, 4.69) is 31.3 Å². The molecule has 1 unspecified atom stereocenters. The summed E-state index contributed by atoms with van der Waals surface area (Å²) in [6, 6.07) is 7.58. The molecular formula is C19H28ClN. The van der Waals surface area contributed by atoms with E-state index < -0.39 is 0 Å². The minimum absolute atomic E-state index is 0.287. The van der Waals surface area contributed by atoms with Gasteiger partial charge in [-0.2, -0.15) is 0 Å². The van der Waals surface area contributed by atoms with Crippen molar-refractivity contribution in [2.45, 2.75) is 77.3 Å². The van der Waals surface area contributed by atoms with Crippen molar-refractivity contribution in [2.75, 3.05) is 0 Å². The van der Waals surface area contributed by atoms with Crippen LogP contribution < -0.4 is 5.32 Å². The second-order valence-corrected chi connectivity index (χ2v) is 8.09. The Kier molecular flexibility index (Phi) is 4.61. The predicted molar refractivity (Wildman–Crippen MR) is 90.9 cm³/mol. The van der Waals surface area contributed by atoms with E-state index in [9.17, 15) is 0 Å². The Morgan fingerprint density at radius 1 is 1.05 bits per heavy atom. The van der Waals surface area contributed by atoms with Gasteiger partial charge in [0.2, 0.25) is 0 Å². The van der Waals surface area contributed by atoms with Crippen molar-refractivity contribution < 1.29 is 0 Å². The Bertz CT molecular complexity index is 486. The van der Waals surface area contributed by atoms with E-state index >= 15 is 0 Å². The lowest BCUT2D eigenvalue weighted by atomic mass is 9.84. The summed E-state index contributed by atoms with van der Waals surface area (Å²) in [4.78, 5) is 0. The summed E-state index contributed by atoms with van der Waals surface area (Å²) in [6.07, 6.45) is 10.8. The molecule has 0 amide bonds. The number of benzene rings is 1. The summed E-state index contributed by atoms with van der Waals surface area (Å²) in [6.45, 7) is 4.78. The highest BCUT2D eigenvalue weighted by molar-refractivity contribution is 6.30. The Hall–Kier alpha value is -0.530. The van der Waals surface area contributed by atoms with Crippen LogP contribution in [0, 0.1) is 5.41 Å². The van der Waals surface area contributed by atoms with Crippen LogP contribution in [0.3, 0.4) is 0 Å². The zero-order valence-electron chi connectivity index (χ0n) is 13.4. The van der Waals surface area contributed by atoms with Gasteiger partial charge < -0.3 is 5.32 Å². The van der Waals surface area contributed by atoms with Gasteiger partial charge in [0.1, 0.15) is 0 Å². The van der Waals surface area contributed by atoms with Crippen LogP contribution in [0.4, 0.5) is 0 Å². The van der Waals surface area contributed by atoms with Gasteiger partial charge in [-0.3, -0.25) is 0 Å². The molecule has 116 valence electrons. The maximum Gasteiger partial charge on any atom is 0.0409 e. The molecule has 0 saturated heterocycles. The van der Waals surface area contributed by atoms with Crippen LogP contribution in [-0.2, 0) is 6.42 Å². The predicted octanol–water partition coefficient (Wildman–Crippen LogP) is 5.67. The molecule has 0 radical (unpaired) electrons. The lowest BCUT2D eigenvalue weighted by Gasteiger charge is -2.33. The molecule has 1 aromatic carbocycles. The van der Waals surface area contributed by atoms with Crippen molar-refractivity contribution in [1.82, 2.24) is 5.32 Å². The van der Waals surface area contributed by atoms with Crippen LogP contribution in [0.2, 0.25) is 5.02 Å². The van der Waals surface area contributed by atoms with E-state index in [0.717, 1.165) is 11.4 Å². The summed E-state index contributed by atoms with van der Waals surface area (Å²) < 4.78 is 0. The SMILES string of the molecule is CC1(C)Cc2ccc(Cl)cc2C1NC1CCCCCCC1. The van der Waals surface area contributed by atoms with Gasteiger partial charge in [-0.1, -0.05) is 63.6 Å². The van der Waals surface area contributed by atoms with Crippen molar-refractivity contribution >= 4 is 11.6 Å². The van der Waals surface area contributed by atoms with Gasteiger partial charge in [0.25, 0.3) is 0 Å². The Morgan fingerprint density at radius 2 is 1.71 bits per heavy atom. The molecule has 1 fully saturated rings. The molecule has 1 nitrogen and oxygen atoms in total. The second kappa shape index (κ2) is 6.30. The van der Waals surface area contributed by atoms with Crippen LogP contribution in [-0.4, -0.2) is 6.04 Å². The van der Waals surface area contributed by atoms with Gasteiger partial charge in [-0.05, 0) is 47.9 Å². The van der Waals surface area contributed by atoms with E-state index in [-0.39, 0.29) is 5.41 Å². The fraction of sp³-hybridized carbons (Fsp3) is 0.684. The standard InChI is InChI=1S/C19H28ClN/c1-19(2)13-14-10-11-15(20)12-17(14)18(19)21-16-8-6-4-3-5-7-9-16/h10-12,16,18,21H,3-9,13H2,1-2H3. The second-order valence-electron chi connectivity index (χ2n) is 7.65. The third kappa shape index (κ3) is 3.46.